The minimum absolute atomic E-state index is 0.0865. The average Bonchev–Trinajstić information content (AvgIpc) is 3.47. The molecule has 1 heterocycles. The lowest BCUT2D eigenvalue weighted by Gasteiger charge is -2.17. The fourth-order valence-corrected chi connectivity index (χ4v) is 3.09. The van der Waals surface area contributed by atoms with E-state index in [1.54, 1.807) is 56.5 Å². The number of hydrogen-bond donors (Lipinski definition) is 1. The number of benzene rings is 2. The van der Waals surface area contributed by atoms with Gasteiger partial charge in [0.2, 0.25) is 11.9 Å². The molecule has 0 unspecified atom stereocenters. The summed E-state index contributed by atoms with van der Waals surface area (Å²) in [5, 5.41) is 3.67. The summed E-state index contributed by atoms with van der Waals surface area (Å²) < 4.78 is 16.5. The molecule has 0 saturated heterocycles. The molecule has 1 aromatic heterocycles. The van der Waals surface area contributed by atoms with E-state index in [0.29, 0.717) is 22.5 Å². The fourth-order valence-electron chi connectivity index (χ4n) is 3.09. The lowest BCUT2D eigenvalue weighted by Crippen LogP contribution is -2.33. The molecule has 0 radical (unpaired) electrons. The molecule has 6 heteroatoms. The summed E-state index contributed by atoms with van der Waals surface area (Å²) in [6.45, 7) is 1.78. The number of hydrogen-bond acceptors (Lipinski definition) is 5. The van der Waals surface area contributed by atoms with E-state index >= 15 is 0 Å². The number of ether oxygens (including phenoxy) is 2. The first-order chi connectivity index (χ1) is 13.6. The summed E-state index contributed by atoms with van der Waals surface area (Å²) in [6, 6.07) is 14.5. The average molecular weight is 379 g/mol. The quantitative estimate of drug-likeness (QED) is 0.657. The largest absolute Gasteiger partial charge is 0.497 e. The van der Waals surface area contributed by atoms with Crippen LogP contribution in [-0.4, -0.2) is 25.0 Å². The van der Waals surface area contributed by atoms with E-state index in [0.717, 1.165) is 18.2 Å². The van der Waals surface area contributed by atoms with Crippen molar-refractivity contribution in [3.05, 3.63) is 65.4 Å². The smallest absolute Gasteiger partial charge is 0.375 e. The molecule has 1 fully saturated rings. The van der Waals surface area contributed by atoms with E-state index < -0.39 is 12.1 Å². The molecule has 0 bridgehead atoms. The van der Waals surface area contributed by atoms with Crippen molar-refractivity contribution in [3.63, 3.8) is 0 Å². The Hall–Kier alpha value is -3.28. The highest BCUT2D eigenvalue weighted by Crippen LogP contribution is 2.31. The highest BCUT2D eigenvalue weighted by atomic mass is 16.6. The van der Waals surface area contributed by atoms with Crippen LogP contribution in [0.5, 0.6) is 5.75 Å². The Morgan fingerprint density at radius 2 is 1.89 bits per heavy atom. The molecule has 28 heavy (non-hydrogen) atoms. The van der Waals surface area contributed by atoms with Crippen molar-refractivity contribution in [2.75, 3.05) is 7.11 Å². The Morgan fingerprint density at radius 3 is 2.57 bits per heavy atom. The van der Waals surface area contributed by atoms with Crippen molar-refractivity contribution < 1.29 is 23.5 Å². The van der Waals surface area contributed by atoms with E-state index in [1.807, 2.05) is 6.07 Å². The number of carbonyl (C=O) groups excluding carboxylic acids is 2. The molecule has 2 aromatic carbocycles. The van der Waals surface area contributed by atoms with Crippen LogP contribution in [0.3, 0.4) is 0 Å². The second kappa shape index (κ2) is 7.38. The summed E-state index contributed by atoms with van der Waals surface area (Å²) in [6.07, 6.45) is 0.869. The van der Waals surface area contributed by atoms with E-state index in [4.69, 9.17) is 13.9 Å². The summed E-state index contributed by atoms with van der Waals surface area (Å²) in [5.74, 6) is -0.240. The van der Waals surface area contributed by atoms with Gasteiger partial charge < -0.3 is 19.2 Å². The van der Waals surface area contributed by atoms with Crippen LogP contribution in [0.25, 0.3) is 11.0 Å². The highest BCUT2D eigenvalue weighted by Gasteiger charge is 2.32. The molecule has 1 amide bonds. The second-order valence-corrected chi connectivity index (χ2v) is 6.90. The second-order valence-electron chi connectivity index (χ2n) is 6.90. The topological polar surface area (TPSA) is 77.8 Å². The van der Waals surface area contributed by atoms with Crippen LogP contribution in [0.15, 0.2) is 52.9 Å². The van der Waals surface area contributed by atoms with Gasteiger partial charge in [-0.1, -0.05) is 30.3 Å². The van der Waals surface area contributed by atoms with Crippen LogP contribution in [0.1, 0.15) is 40.6 Å². The van der Waals surface area contributed by atoms with Crippen LogP contribution in [0.2, 0.25) is 0 Å². The zero-order chi connectivity index (χ0) is 19.7. The van der Waals surface area contributed by atoms with Crippen molar-refractivity contribution in [2.45, 2.75) is 31.9 Å². The maximum absolute atomic E-state index is 12.9. The van der Waals surface area contributed by atoms with Crippen molar-refractivity contribution in [1.29, 1.82) is 0 Å². The molecule has 144 valence electrons. The molecule has 3 aromatic rings. The predicted octanol–water partition coefficient (Wildman–Crippen LogP) is 3.93. The number of rotatable bonds is 6. The number of amides is 1. The van der Waals surface area contributed by atoms with Crippen LogP contribution < -0.4 is 10.1 Å². The third-order valence-electron chi connectivity index (χ3n) is 4.82. The molecule has 1 saturated carbocycles. The fraction of sp³-hybridized carbons (Fsp3) is 0.273. The molecule has 0 aliphatic heterocycles. The van der Waals surface area contributed by atoms with Gasteiger partial charge in [-0.2, -0.15) is 0 Å². The Balaban J connectivity index is 1.63. The van der Waals surface area contributed by atoms with Crippen LogP contribution in [-0.2, 0) is 9.53 Å². The summed E-state index contributed by atoms with van der Waals surface area (Å²) in [7, 11) is 1.58. The number of furan rings is 1. The van der Waals surface area contributed by atoms with Gasteiger partial charge in [-0.05, 0) is 38.0 Å². The van der Waals surface area contributed by atoms with Gasteiger partial charge in [-0.3, -0.25) is 4.79 Å². The standard InChI is InChI=1S/C22H21NO5/c1-13-17-12-16(26-2)10-11-18(17)27-19(13)22(25)28-20(14-6-4-3-5-7-14)21(24)23-15-8-9-15/h3-7,10-12,15,20H,8-9H2,1-2H3,(H,23,24)/t20-/m0/s1. The number of methoxy groups -OCH3 is 1. The maximum atomic E-state index is 12.9. The predicted molar refractivity (Wildman–Crippen MR) is 103 cm³/mol. The third kappa shape index (κ3) is 3.58. The van der Waals surface area contributed by atoms with Crippen molar-refractivity contribution in [1.82, 2.24) is 5.32 Å². The van der Waals surface area contributed by atoms with Gasteiger partial charge in [0.05, 0.1) is 7.11 Å². The Kier molecular flexibility index (Phi) is 4.77. The zero-order valence-electron chi connectivity index (χ0n) is 15.7. The van der Waals surface area contributed by atoms with Crippen LogP contribution in [0, 0.1) is 6.92 Å². The van der Waals surface area contributed by atoms with Crippen molar-refractivity contribution in [2.24, 2.45) is 0 Å². The summed E-state index contributed by atoms with van der Waals surface area (Å²) >= 11 is 0. The van der Waals surface area contributed by atoms with Crippen LogP contribution >= 0.6 is 0 Å². The first-order valence-electron chi connectivity index (χ1n) is 9.20. The Bertz CT molecular complexity index is 1020. The zero-order valence-corrected chi connectivity index (χ0v) is 15.7. The van der Waals surface area contributed by atoms with E-state index in [1.165, 1.54) is 0 Å². The van der Waals surface area contributed by atoms with Gasteiger partial charge in [0.15, 0.2) is 0 Å². The van der Waals surface area contributed by atoms with Crippen molar-refractivity contribution in [3.8, 4) is 5.75 Å². The Morgan fingerprint density at radius 1 is 1.14 bits per heavy atom. The van der Waals surface area contributed by atoms with Gasteiger partial charge in [0.1, 0.15) is 11.3 Å². The van der Waals surface area contributed by atoms with Gasteiger partial charge >= 0.3 is 5.97 Å². The third-order valence-corrected chi connectivity index (χ3v) is 4.82. The van der Waals surface area contributed by atoms with Gasteiger partial charge in [0, 0.05) is 22.6 Å². The summed E-state index contributed by atoms with van der Waals surface area (Å²) in [5.41, 5.74) is 1.82. The lowest BCUT2D eigenvalue weighted by atomic mass is 10.1. The molecular weight excluding hydrogens is 358 g/mol. The number of aryl methyl sites for hydroxylation is 1. The summed E-state index contributed by atoms with van der Waals surface area (Å²) in [4.78, 5) is 25.5. The molecule has 4 rings (SSSR count). The number of carbonyl (C=O) groups is 2. The molecule has 0 spiro atoms. The molecular formula is C22H21NO5. The monoisotopic (exact) mass is 379 g/mol. The van der Waals surface area contributed by atoms with E-state index in [-0.39, 0.29) is 17.7 Å². The highest BCUT2D eigenvalue weighted by molar-refractivity contribution is 5.97. The first-order valence-corrected chi connectivity index (χ1v) is 9.20. The normalized spacial score (nSPS) is 14.5. The molecule has 1 aliphatic carbocycles. The van der Waals surface area contributed by atoms with Gasteiger partial charge in [-0.15, -0.1) is 0 Å². The molecule has 6 nitrogen and oxygen atoms in total. The SMILES string of the molecule is COc1ccc2oc(C(=O)O[C@H](C(=O)NC3CC3)c3ccccc3)c(C)c2c1. The van der Waals surface area contributed by atoms with Crippen molar-refractivity contribution >= 4 is 22.8 Å². The van der Waals surface area contributed by atoms with Gasteiger partial charge in [-0.25, -0.2) is 4.79 Å². The minimum atomic E-state index is -1.03. The van der Waals surface area contributed by atoms with E-state index in [2.05, 4.69) is 5.32 Å². The molecule has 1 aliphatic rings. The molecule has 1 N–H and O–H groups in total. The first kappa shape index (κ1) is 18.1. The maximum Gasteiger partial charge on any atom is 0.375 e. The lowest BCUT2D eigenvalue weighted by molar-refractivity contribution is -0.130. The number of fused-ring (bicyclic) bond motifs is 1. The number of nitrogens with one attached hydrogen (secondary N) is 1. The van der Waals surface area contributed by atoms with Gasteiger partial charge in [0.25, 0.3) is 5.91 Å². The van der Waals surface area contributed by atoms with Crippen LogP contribution in [0.4, 0.5) is 0 Å². The van der Waals surface area contributed by atoms with E-state index in [9.17, 15) is 9.59 Å². The number of esters is 1. The minimum Gasteiger partial charge on any atom is -0.497 e. The molecule has 1 atom stereocenters. The Labute approximate surface area is 162 Å².